The Hall–Kier alpha value is -3.22. The topological polar surface area (TPSA) is 64.7 Å². The minimum Gasteiger partial charge on any atom is -0.497 e. The number of H-pyrrole nitrogens is 1. The second kappa shape index (κ2) is 9.73. The molecule has 1 saturated heterocycles. The predicted molar refractivity (Wildman–Crippen MR) is 125 cm³/mol. The third-order valence-electron chi connectivity index (χ3n) is 5.90. The van der Waals surface area contributed by atoms with E-state index in [0.29, 0.717) is 5.92 Å². The molecule has 2 aromatic carbocycles. The number of anilines is 1. The van der Waals surface area contributed by atoms with Crippen LogP contribution in [0.1, 0.15) is 12.0 Å². The fourth-order valence-corrected chi connectivity index (χ4v) is 4.18. The first-order chi connectivity index (χ1) is 15.2. The Morgan fingerprint density at radius 2 is 2.16 bits per heavy atom. The van der Waals surface area contributed by atoms with Crippen molar-refractivity contribution in [3.05, 3.63) is 60.0 Å². The SMILES string of the molecule is CN=C(NCCc1c[nH]c2ccc(F)cc12)NCC1CCN(c2cccc(OC)c2)C1. The van der Waals surface area contributed by atoms with E-state index in [4.69, 9.17) is 4.74 Å². The van der Waals surface area contributed by atoms with Gasteiger partial charge in [0.05, 0.1) is 7.11 Å². The van der Waals surface area contributed by atoms with Gasteiger partial charge in [0.2, 0.25) is 0 Å². The number of fused-ring (bicyclic) bond motifs is 1. The van der Waals surface area contributed by atoms with Crippen LogP contribution in [0, 0.1) is 11.7 Å². The summed E-state index contributed by atoms with van der Waals surface area (Å²) in [5, 5.41) is 7.76. The number of nitrogens with one attached hydrogen (secondary N) is 3. The molecule has 4 rings (SSSR count). The highest BCUT2D eigenvalue weighted by Crippen LogP contribution is 2.26. The number of ether oxygens (including phenoxy) is 1. The molecular weight excluding hydrogens is 393 g/mol. The Balaban J connectivity index is 1.24. The van der Waals surface area contributed by atoms with Gasteiger partial charge in [0.1, 0.15) is 11.6 Å². The van der Waals surface area contributed by atoms with Crippen LogP contribution in [0.4, 0.5) is 10.1 Å². The van der Waals surface area contributed by atoms with Gasteiger partial charge < -0.3 is 25.3 Å². The number of aliphatic imine (C=N–C) groups is 1. The number of rotatable bonds is 7. The smallest absolute Gasteiger partial charge is 0.190 e. The first kappa shape index (κ1) is 21.0. The van der Waals surface area contributed by atoms with Crippen molar-refractivity contribution >= 4 is 22.5 Å². The number of hydrogen-bond acceptors (Lipinski definition) is 3. The van der Waals surface area contributed by atoms with Gasteiger partial charge in [0.25, 0.3) is 0 Å². The molecule has 31 heavy (non-hydrogen) atoms. The summed E-state index contributed by atoms with van der Waals surface area (Å²) in [4.78, 5) is 9.95. The number of aromatic amines is 1. The van der Waals surface area contributed by atoms with Crippen molar-refractivity contribution in [1.82, 2.24) is 15.6 Å². The predicted octanol–water partition coefficient (Wildman–Crippen LogP) is 3.55. The highest BCUT2D eigenvalue weighted by atomic mass is 19.1. The molecule has 1 aliphatic rings. The lowest BCUT2D eigenvalue weighted by Gasteiger charge is -2.20. The minimum absolute atomic E-state index is 0.210. The van der Waals surface area contributed by atoms with Gasteiger partial charge in [-0.05, 0) is 54.7 Å². The van der Waals surface area contributed by atoms with E-state index in [-0.39, 0.29) is 5.82 Å². The molecule has 1 fully saturated rings. The molecular formula is C24H30FN5O. The number of benzene rings is 2. The van der Waals surface area contributed by atoms with Gasteiger partial charge in [-0.2, -0.15) is 0 Å². The molecule has 3 aromatic rings. The molecule has 6 nitrogen and oxygen atoms in total. The summed E-state index contributed by atoms with van der Waals surface area (Å²) in [6, 6.07) is 13.1. The van der Waals surface area contributed by atoms with Gasteiger partial charge in [-0.25, -0.2) is 4.39 Å². The highest BCUT2D eigenvalue weighted by Gasteiger charge is 2.23. The normalized spacial score (nSPS) is 16.7. The standard InChI is InChI=1S/C24H30FN5O/c1-26-24(27-10-8-18-15-28-23-7-6-19(25)12-22(18)23)29-14-17-9-11-30(16-17)20-4-3-5-21(13-20)31-2/h3-7,12-13,15,17,28H,8-11,14,16H2,1-2H3,(H2,26,27,29). The molecule has 1 aromatic heterocycles. The second-order valence-corrected chi connectivity index (χ2v) is 7.94. The zero-order valence-electron chi connectivity index (χ0n) is 18.1. The molecule has 1 unspecified atom stereocenters. The Morgan fingerprint density at radius 3 is 3.00 bits per heavy atom. The molecule has 0 aliphatic carbocycles. The van der Waals surface area contributed by atoms with Crippen molar-refractivity contribution in [2.24, 2.45) is 10.9 Å². The quantitative estimate of drug-likeness (QED) is 0.402. The summed E-state index contributed by atoms with van der Waals surface area (Å²) in [6.45, 7) is 3.66. The first-order valence-electron chi connectivity index (χ1n) is 10.8. The van der Waals surface area contributed by atoms with E-state index in [9.17, 15) is 4.39 Å². The highest BCUT2D eigenvalue weighted by molar-refractivity contribution is 5.83. The van der Waals surface area contributed by atoms with Crippen molar-refractivity contribution in [3.63, 3.8) is 0 Å². The third-order valence-corrected chi connectivity index (χ3v) is 5.90. The van der Waals surface area contributed by atoms with Crippen molar-refractivity contribution in [3.8, 4) is 5.75 Å². The Kier molecular flexibility index (Phi) is 6.60. The van der Waals surface area contributed by atoms with Crippen molar-refractivity contribution < 1.29 is 9.13 Å². The van der Waals surface area contributed by atoms with Gasteiger partial charge >= 0.3 is 0 Å². The summed E-state index contributed by atoms with van der Waals surface area (Å²) >= 11 is 0. The monoisotopic (exact) mass is 423 g/mol. The van der Waals surface area contributed by atoms with E-state index in [1.807, 2.05) is 18.3 Å². The molecule has 0 amide bonds. The molecule has 0 bridgehead atoms. The van der Waals surface area contributed by atoms with Crippen LogP contribution in [0.15, 0.2) is 53.7 Å². The van der Waals surface area contributed by atoms with Crippen LogP contribution >= 0.6 is 0 Å². The lowest BCUT2D eigenvalue weighted by atomic mass is 10.1. The van der Waals surface area contributed by atoms with Crippen LogP contribution in [-0.2, 0) is 6.42 Å². The van der Waals surface area contributed by atoms with Crippen LogP contribution in [0.25, 0.3) is 10.9 Å². The van der Waals surface area contributed by atoms with E-state index < -0.39 is 0 Å². The summed E-state index contributed by atoms with van der Waals surface area (Å²) in [5.41, 5.74) is 3.27. The number of methoxy groups -OCH3 is 1. The maximum Gasteiger partial charge on any atom is 0.190 e. The molecule has 0 saturated carbocycles. The Morgan fingerprint density at radius 1 is 1.26 bits per heavy atom. The van der Waals surface area contributed by atoms with E-state index in [1.165, 1.54) is 11.8 Å². The van der Waals surface area contributed by atoms with Crippen molar-refractivity contribution in [1.29, 1.82) is 0 Å². The molecule has 1 atom stereocenters. The first-order valence-corrected chi connectivity index (χ1v) is 10.8. The van der Waals surface area contributed by atoms with Crippen LogP contribution in [0.2, 0.25) is 0 Å². The lowest BCUT2D eigenvalue weighted by Crippen LogP contribution is -2.41. The Labute approximate surface area is 182 Å². The van der Waals surface area contributed by atoms with E-state index >= 15 is 0 Å². The van der Waals surface area contributed by atoms with E-state index in [2.05, 4.69) is 37.6 Å². The fourth-order valence-electron chi connectivity index (χ4n) is 4.18. The summed E-state index contributed by atoms with van der Waals surface area (Å²) in [6.07, 6.45) is 3.88. The maximum absolute atomic E-state index is 13.6. The van der Waals surface area contributed by atoms with Crippen LogP contribution < -0.4 is 20.3 Å². The molecule has 164 valence electrons. The van der Waals surface area contributed by atoms with Crippen LogP contribution in [0.3, 0.4) is 0 Å². The van der Waals surface area contributed by atoms with Gasteiger partial charge in [-0.3, -0.25) is 4.99 Å². The van der Waals surface area contributed by atoms with Gasteiger partial charge in [-0.1, -0.05) is 6.07 Å². The largest absolute Gasteiger partial charge is 0.497 e. The van der Waals surface area contributed by atoms with Crippen LogP contribution in [0.5, 0.6) is 5.75 Å². The number of guanidine groups is 1. The number of hydrogen-bond donors (Lipinski definition) is 3. The zero-order valence-corrected chi connectivity index (χ0v) is 18.1. The number of nitrogens with zero attached hydrogens (tertiary/aromatic N) is 2. The second-order valence-electron chi connectivity index (χ2n) is 7.94. The zero-order chi connectivity index (χ0) is 21.6. The molecule has 3 N–H and O–H groups in total. The molecule has 7 heteroatoms. The lowest BCUT2D eigenvalue weighted by molar-refractivity contribution is 0.415. The maximum atomic E-state index is 13.6. The molecule has 1 aliphatic heterocycles. The summed E-state index contributed by atoms with van der Waals surface area (Å²) < 4.78 is 18.9. The molecule has 2 heterocycles. The average molecular weight is 424 g/mol. The van der Waals surface area contributed by atoms with Gasteiger partial charge in [-0.15, -0.1) is 0 Å². The van der Waals surface area contributed by atoms with Gasteiger partial charge in [0, 0.05) is 62.1 Å². The average Bonchev–Trinajstić information content (AvgIpc) is 3.43. The Bertz CT molecular complexity index is 1050. The third kappa shape index (κ3) is 5.10. The van der Waals surface area contributed by atoms with E-state index in [1.54, 1.807) is 26.3 Å². The van der Waals surface area contributed by atoms with Crippen molar-refractivity contribution in [2.45, 2.75) is 12.8 Å². The van der Waals surface area contributed by atoms with Gasteiger partial charge in [0.15, 0.2) is 5.96 Å². The minimum atomic E-state index is -0.210. The molecule has 0 radical (unpaired) electrons. The number of aromatic nitrogens is 1. The van der Waals surface area contributed by atoms with Crippen LogP contribution in [-0.4, -0.2) is 51.3 Å². The van der Waals surface area contributed by atoms with Crippen molar-refractivity contribution in [2.75, 3.05) is 45.2 Å². The number of halogens is 1. The summed E-state index contributed by atoms with van der Waals surface area (Å²) in [5.74, 6) is 2.03. The molecule has 0 spiro atoms. The fraction of sp³-hybridized carbons (Fsp3) is 0.375. The summed E-state index contributed by atoms with van der Waals surface area (Å²) in [7, 11) is 3.48. The van der Waals surface area contributed by atoms with E-state index in [0.717, 1.165) is 67.2 Å².